The highest BCUT2D eigenvalue weighted by atomic mass is 19.1. The van der Waals surface area contributed by atoms with Gasteiger partial charge in [-0.25, -0.2) is 4.39 Å². The third-order valence-corrected chi connectivity index (χ3v) is 5.21. The molecule has 1 fully saturated rings. The average Bonchev–Trinajstić information content (AvgIpc) is 2.74. The number of hydrogen-bond acceptors (Lipinski definition) is 3. The molecule has 0 radical (unpaired) electrons. The summed E-state index contributed by atoms with van der Waals surface area (Å²) in [5.41, 5.74) is 1.60. The number of anilines is 1. The Morgan fingerprint density at radius 3 is 2.07 bits per heavy atom. The van der Waals surface area contributed by atoms with Crippen LogP contribution >= 0.6 is 0 Å². The van der Waals surface area contributed by atoms with Crippen LogP contribution < -0.4 is 15.4 Å². The van der Waals surface area contributed by atoms with Crippen molar-refractivity contribution in [2.75, 3.05) is 12.4 Å². The van der Waals surface area contributed by atoms with Crippen LogP contribution in [-0.4, -0.2) is 18.9 Å². The molecule has 0 heterocycles. The molecule has 2 aromatic rings. The second kappa shape index (κ2) is 9.35. The number of carbonyl (C=O) groups is 2. The minimum atomic E-state index is -0.334. The van der Waals surface area contributed by atoms with Gasteiger partial charge in [-0.05, 0) is 67.6 Å². The lowest BCUT2D eigenvalue weighted by molar-refractivity contribution is -0.128. The van der Waals surface area contributed by atoms with Gasteiger partial charge in [-0.3, -0.25) is 9.59 Å². The van der Waals surface area contributed by atoms with Crippen LogP contribution in [0.25, 0.3) is 0 Å². The third kappa shape index (κ3) is 5.31. The van der Waals surface area contributed by atoms with Gasteiger partial charge in [0.15, 0.2) is 0 Å². The van der Waals surface area contributed by atoms with E-state index in [0.29, 0.717) is 37.9 Å². The van der Waals surface area contributed by atoms with E-state index in [2.05, 4.69) is 10.6 Å². The SMILES string of the molecule is COc1ccc(CNC(=O)C2CCC(C(=O)Nc3ccc(F)cc3)CC2)cc1. The Balaban J connectivity index is 1.42. The van der Waals surface area contributed by atoms with Gasteiger partial charge in [-0.2, -0.15) is 0 Å². The van der Waals surface area contributed by atoms with Crippen molar-refractivity contribution in [3.05, 3.63) is 59.9 Å². The first kappa shape index (κ1) is 19.9. The van der Waals surface area contributed by atoms with Crippen LogP contribution in [0.2, 0.25) is 0 Å². The van der Waals surface area contributed by atoms with E-state index in [1.165, 1.54) is 12.1 Å². The highest BCUT2D eigenvalue weighted by Gasteiger charge is 2.29. The molecular formula is C22H25FN2O3. The Morgan fingerprint density at radius 2 is 1.50 bits per heavy atom. The fraction of sp³-hybridized carbons (Fsp3) is 0.364. The fourth-order valence-corrected chi connectivity index (χ4v) is 3.47. The summed E-state index contributed by atoms with van der Waals surface area (Å²) in [5.74, 6) is 0.243. The van der Waals surface area contributed by atoms with E-state index in [1.54, 1.807) is 19.2 Å². The summed E-state index contributed by atoms with van der Waals surface area (Å²) in [6.07, 6.45) is 2.73. The number of carbonyl (C=O) groups excluding carboxylic acids is 2. The van der Waals surface area contributed by atoms with E-state index in [1.807, 2.05) is 24.3 Å². The smallest absolute Gasteiger partial charge is 0.227 e. The highest BCUT2D eigenvalue weighted by molar-refractivity contribution is 5.92. The van der Waals surface area contributed by atoms with E-state index in [4.69, 9.17) is 4.74 Å². The maximum atomic E-state index is 12.9. The molecule has 1 saturated carbocycles. The van der Waals surface area contributed by atoms with Gasteiger partial charge in [0.1, 0.15) is 11.6 Å². The quantitative estimate of drug-likeness (QED) is 0.794. The summed E-state index contributed by atoms with van der Waals surface area (Å²) in [5, 5.41) is 5.80. The standard InChI is InChI=1S/C22H25FN2O3/c1-28-20-12-2-15(3-13-20)14-24-21(26)16-4-6-17(7-5-16)22(27)25-19-10-8-18(23)9-11-19/h2-3,8-13,16-17H,4-7,14H2,1H3,(H,24,26)(H,25,27). The van der Waals surface area contributed by atoms with Crippen molar-refractivity contribution in [2.45, 2.75) is 32.2 Å². The monoisotopic (exact) mass is 384 g/mol. The second-order valence-corrected chi connectivity index (χ2v) is 7.11. The van der Waals surface area contributed by atoms with Crippen LogP contribution in [0.1, 0.15) is 31.2 Å². The zero-order valence-corrected chi connectivity index (χ0v) is 15.9. The lowest BCUT2D eigenvalue weighted by atomic mass is 9.81. The predicted molar refractivity (Wildman–Crippen MR) is 105 cm³/mol. The molecule has 0 bridgehead atoms. The largest absolute Gasteiger partial charge is 0.497 e. The molecule has 0 unspecified atom stereocenters. The molecule has 0 aromatic heterocycles. The van der Waals surface area contributed by atoms with Gasteiger partial charge in [0.2, 0.25) is 11.8 Å². The number of rotatable bonds is 6. The van der Waals surface area contributed by atoms with E-state index < -0.39 is 0 Å². The topological polar surface area (TPSA) is 67.4 Å². The molecule has 1 aliphatic rings. The van der Waals surface area contributed by atoms with E-state index in [0.717, 1.165) is 11.3 Å². The van der Waals surface area contributed by atoms with Gasteiger partial charge >= 0.3 is 0 Å². The zero-order chi connectivity index (χ0) is 19.9. The molecule has 3 rings (SSSR count). The first-order valence-electron chi connectivity index (χ1n) is 9.52. The minimum Gasteiger partial charge on any atom is -0.497 e. The van der Waals surface area contributed by atoms with Crippen molar-refractivity contribution in [3.8, 4) is 5.75 Å². The summed E-state index contributed by atoms with van der Waals surface area (Å²) in [4.78, 5) is 24.8. The molecule has 6 heteroatoms. The molecule has 0 atom stereocenters. The summed E-state index contributed by atoms with van der Waals surface area (Å²) in [7, 11) is 1.62. The Labute approximate surface area is 164 Å². The maximum Gasteiger partial charge on any atom is 0.227 e. The van der Waals surface area contributed by atoms with Gasteiger partial charge in [0.05, 0.1) is 7.11 Å². The number of nitrogens with one attached hydrogen (secondary N) is 2. The van der Waals surface area contributed by atoms with Crippen molar-refractivity contribution in [2.24, 2.45) is 11.8 Å². The van der Waals surface area contributed by atoms with Gasteiger partial charge in [0.25, 0.3) is 0 Å². The predicted octanol–water partition coefficient (Wildman–Crippen LogP) is 3.90. The van der Waals surface area contributed by atoms with Gasteiger partial charge < -0.3 is 15.4 Å². The number of ether oxygens (including phenoxy) is 1. The number of hydrogen-bond donors (Lipinski definition) is 2. The number of halogens is 1. The normalized spacial score (nSPS) is 18.9. The molecule has 2 aromatic carbocycles. The number of benzene rings is 2. The third-order valence-electron chi connectivity index (χ3n) is 5.21. The molecule has 28 heavy (non-hydrogen) atoms. The first-order chi connectivity index (χ1) is 13.5. The lowest BCUT2D eigenvalue weighted by Crippen LogP contribution is -2.35. The minimum absolute atomic E-state index is 0.0354. The maximum absolute atomic E-state index is 12.9. The van der Waals surface area contributed by atoms with Crippen molar-refractivity contribution in [3.63, 3.8) is 0 Å². The molecule has 0 aliphatic heterocycles. The summed E-state index contributed by atoms with van der Waals surface area (Å²) in [6.45, 7) is 0.480. The van der Waals surface area contributed by atoms with Crippen molar-refractivity contribution in [1.82, 2.24) is 5.32 Å². The van der Waals surface area contributed by atoms with Gasteiger partial charge in [-0.1, -0.05) is 12.1 Å². The Kier molecular flexibility index (Phi) is 6.63. The molecule has 148 valence electrons. The van der Waals surface area contributed by atoms with Crippen molar-refractivity contribution >= 4 is 17.5 Å². The van der Waals surface area contributed by atoms with Crippen LogP contribution in [0.3, 0.4) is 0 Å². The molecule has 0 spiro atoms. The van der Waals surface area contributed by atoms with Crippen LogP contribution in [0, 0.1) is 17.7 Å². The molecule has 2 amide bonds. The molecular weight excluding hydrogens is 359 g/mol. The zero-order valence-electron chi connectivity index (χ0n) is 15.9. The molecule has 2 N–H and O–H groups in total. The Bertz CT molecular complexity index is 798. The van der Waals surface area contributed by atoms with Crippen LogP contribution in [0.5, 0.6) is 5.75 Å². The molecule has 5 nitrogen and oxygen atoms in total. The summed E-state index contributed by atoms with van der Waals surface area (Å²) >= 11 is 0. The molecule has 1 aliphatic carbocycles. The highest BCUT2D eigenvalue weighted by Crippen LogP contribution is 2.30. The van der Waals surface area contributed by atoms with Crippen LogP contribution in [0.4, 0.5) is 10.1 Å². The Hall–Kier alpha value is -2.89. The van der Waals surface area contributed by atoms with E-state index in [-0.39, 0.29) is 29.5 Å². The number of methoxy groups -OCH3 is 1. The Morgan fingerprint density at radius 1 is 0.929 bits per heavy atom. The van der Waals surface area contributed by atoms with Crippen molar-refractivity contribution < 1.29 is 18.7 Å². The lowest BCUT2D eigenvalue weighted by Gasteiger charge is -2.27. The number of amides is 2. The summed E-state index contributed by atoms with van der Waals surface area (Å²) in [6, 6.07) is 13.3. The van der Waals surface area contributed by atoms with Crippen LogP contribution in [0.15, 0.2) is 48.5 Å². The van der Waals surface area contributed by atoms with Crippen molar-refractivity contribution in [1.29, 1.82) is 0 Å². The molecule has 0 saturated heterocycles. The van der Waals surface area contributed by atoms with E-state index >= 15 is 0 Å². The second-order valence-electron chi connectivity index (χ2n) is 7.11. The van der Waals surface area contributed by atoms with Crippen LogP contribution in [-0.2, 0) is 16.1 Å². The van der Waals surface area contributed by atoms with Gasteiger partial charge in [0, 0.05) is 24.1 Å². The first-order valence-corrected chi connectivity index (χ1v) is 9.52. The fourth-order valence-electron chi connectivity index (χ4n) is 3.47. The average molecular weight is 384 g/mol. The van der Waals surface area contributed by atoms with E-state index in [9.17, 15) is 14.0 Å². The summed E-state index contributed by atoms with van der Waals surface area (Å²) < 4.78 is 18.1. The van der Waals surface area contributed by atoms with Gasteiger partial charge in [-0.15, -0.1) is 0 Å².